The van der Waals surface area contributed by atoms with E-state index in [9.17, 15) is 0 Å². The van der Waals surface area contributed by atoms with Gasteiger partial charge in [0.25, 0.3) is 0 Å². The highest BCUT2D eigenvalue weighted by Crippen LogP contribution is 2.40. The van der Waals surface area contributed by atoms with Gasteiger partial charge in [-0.05, 0) is 18.2 Å². The summed E-state index contributed by atoms with van der Waals surface area (Å²) in [5.41, 5.74) is 6.35. The topological polar surface area (TPSA) is 58.3 Å². The van der Waals surface area contributed by atoms with E-state index < -0.39 is 0 Å². The van der Waals surface area contributed by atoms with Gasteiger partial charge in [0, 0.05) is 55.9 Å². The molecule has 0 bridgehead atoms. The fourth-order valence-electron chi connectivity index (χ4n) is 3.39. The highest BCUT2D eigenvalue weighted by atomic mass is 32.2. The van der Waals surface area contributed by atoms with Crippen LogP contribution in [0.5, 0.6) is 0 Å². The zero-order valence-electron chi connectivity index (χ0n) is 12.0. The smallest absolute Gasteiger partial charge is 0.225 e. The Kier molecular flexibility index (Phi) is 4.14. The first-order valence-electron chi connectivity index (χ1n) is 7.35. The zero-order chi connectivity index (χ0) is 14.0. The maximum atomic E-state index is 6.14. The molecule has 0 radical (unpaired) electrons. The standard InChI is InChI=1S/C14H23N5S/c1-12-14(11-15,3-10-20-12)19-8-6-18(7-9-19)13-16-4-2-5-17-13/h2,4-5,12H,3,6-11,15H2,1H3. The number of nitrogens with two attached hydrogens (primary N) is 1. The summed E-state index contributed by atoms with van der Waals surface area (Å²) >= 11 is 2.06. The number of nitrogens with zero attached hydrogens (tertiary/aromatic N) is 4. The van der Waals surface area contributed by atoms with Crippen molar-refractivity contribution < 1.29 is 0 Å². The second-order valence-electron chi connectivity index (χ2n) is 5.59. The second-order valence-corrected chi connectivity index (χ2v) is 7.04. The highest BCUT2D eigenvalue weighted by molar-refractivity contribution is 8.00. The van der Waals surface area contributed by atoms with Crippen LogP contribution in [0.25, 0.3) is 0 Å². The van der Waals surface area contributed by atoms with E-state index in [0.717, 1.165) is 38.7 Å². The predicted octanol–water partition coefficient (Wildman–Crippen LogP) is 0.821. The Morgan fingerprint density at radius 1 is 1.30 bits per heavy atom. The summed E-state index contributed by atoms with van der Waals surface area (Å²) in [6.45, 7) is 7.19. The normalized spacial score (nSPS) is 31.7. The lowest BCUT2D eigenvalue weighted by atomic mass is 9.90. The average Bonchev–Trinajstić information content (AvgIpc) is 2.90. The Hall–Kier alpha value is -0.850. The molecule has 5 nitrogen and oxygen atoms in total. The molecule has 1 aromatic rings. The van der Waals surface area contributed by atoms with Gasteiger partial charge in [0.05, 0.1) is 0 Å². The van der Waals surface area contributed by atoms with Gasteiger partial charge in [0.2, 0.25) is 5.95 Å². The molecule has 0 amide bonds. The summed E-state index contributed by atoms with van der Waals surface area (Å²) in [5.74, 6) is 2.09. The number of thioether (sulfide) groups is 1. The number of piperazine rings is 1. The van der Waals surface area contributed by atoms with Crippen molar-refractivity contribution in [3.05, 3.63) is 18.5 Å². The van der Waals surface area contributed by atoms with Crippen molar-refractivity contribution in [1.82, 2.24) is 14.9 Å². The maximum absolute atomic E-state index is 6.14. The Balaban J connectivity index is 1.66. The molecule has 3 heterocycles. The molecule has 2 fully saturated rings. The monoisotopic (exact) mass is 293 g/mol. The van der Waals surface area contributed by atoms with Gasteiger partial charge in [0.1, 0.15) is 0 Å². The molecule has 2 aliphatic rings. The summed E-state index contributed by atoms with van der Waals surface area (Å²) in [7, 11) is 0. The highest BCUT2D eigenvalue weighted by Gasteiger charge is 2.45. The molecule has 2 N–H and O–H groups in total. The van der Waals surface area contributed by atoms with Crippen molar-refractivity contribution in [3.8, 4) is 0 Å². The Bertz CT molecular complexity index is 434. The molecule has 0 spiro atoms. The largest absolute Gasteiger partial charge is 0.338 e. The minimum atomic E-state index is 0.203. The molecular weight excluding hydrogens is 270 g/mol. The molecule has 6 heteroatoms. The van der Waals surface area contributed by atoms with E-state index in [0.29, 0.717) is 5.25 Å². The fraction of sp³-hybridized carbons (Fsp3) is 0.714. The third kappa shape index (κ3) is 2.40. The zero-order valence-corrected chi connectivity index (χ0v) is 12.9. The fourth-order valence-corrected chi connectivity index (χ4v) is 4.89. The predicted molar refractivity (Wildman–Crippen MR) is 84.1 cm³/mol. The van der Waals surface area contributed by atoms with Crippen molar-refractivity contribution in [3.63, 3.8) is 0 Å². The quantitative estimate of drug-likeness (QED) is 0.890. The molecule has 0 aromatic carbocycles. The van der Waals surface area contributed by atoms with Crippen LogP contribution in [0.4, 0.5) is 5.95 Å². The van der Waals surface area contributed by atoms with Gasteiger partial charge in [-0.3, -0.25) is 4.90 Å². The first kappa shape index (κ1) is 14.1. The third-order valence-electron chi connectivity index (χ3n) is 4.76. The van der Waals surface area contributed by atoms with Crippen molar-refractivity contribution in [2.24, 2.45) is 5.73 Å². The van der Waals surface area contributed by atoms with Crippen LogP contribution in [-0.2, 0) is 0 Å². The molecule has 2 aliphatic heterocycles. The van der Waals surface area contributed by atoms with Crippen LogP contribution in [0, 0.1) is 0 Å². The van der Waals surface area contributed by atoms with Crippen LogP contribution in [0.1, 0.15) is 13.3 Å². The van der Waals surface area contributed by atoms with E-state index in [1.165, 1.54) is 12.2 Å². The average molecular weight is 293 g/mol. The minimum absolute atomic E-state index is 0.203. The van der Waals surface area contributed by atoms with E-state index in [4.69, 9.17) is 5.73 Å². The van der Waals surface area contributed by atoms with Crippen LogP contribution in [0.15, 0.2) is 18.5 Å². The van der Waals surface area contributed by atoms with E-state index in [1.54, 1.807) is 0 Å². The van der Waals surface area contributed by atoms with Crippen molar-refractivity contribution in [2.75, 3.05) is 43.4 Å². The minimum Gasteiger partial charge on any atom is -0.338 e. The number of hydrogen-bond acceptors (Lipinski definition) is 6. The summed E-state index contributed by atoms with van der Waals surface area (Å²) in [4.78, 5) is 13.6. The number of anilines is 1. The Morgan fingerprint density at radius 3 is 2.55 bits per heavy atom. The molecule has 0 aliphatic carbocycles. The first-order valence-corrected chi connectivity index (χ1v) is 8.40. The van der Waals surface area contributed by atoms with Gasteiger partial charge in [-0.1, -0.05) is 6.92 Å². The molecule has 2 unspecified atom stereocenters. The summed E-state index contributed by atoms with van der Waals surface area (Å²) < 4.78 is 0. The molecule has 110 valence electrons. The van der Waals surface area contributed by atoms with E-state index in [-0.39, 0.29) is 5.54 Å². The van der Waals surface area contributed by atoms with Gasteiger partial charge in [-0.2, -0.15) is 11.8 Å². The van der Waals surface area contributed by atoms with Crippen molar-refractivity contribution in [1.29, 1.82) is 0 Å². The molecule has 20 heavy (non-hydrogen) atoms. The van der Waals surface area contributed by atoms with Crippen LogP contribution >= 0.6 is 11.8 Å². The van der Waals surface area contributed by atoms with Gasteiger partial charge >= 0.3 is 0 Å². The van der Waals surface area contributed by atoms with Crippen LogP contribution in [-0.4, -0.2) is 64.1 Å². The van der Waals surface area contributed by atoms with E-state index in [2.05, 4.69) is 38.5 Å². The lowest BCUT2D eigenvalue weighted by Crippen LogP contribution is -2.62. The van der Waals surface area contributed by atoms with Crippen molar-refractivity contribution >= 4 is 17.7 Å². The molecule has 3 rings (SSSR count). The first-order chi connectivity index (χ1) is 9.76. The van der Waals surface area contributed by atoms with E-state index >= 15 is 0 Å². The summed E-state index contributed by atoms with van der Waals surface area (Å²) in [5, 5.41) is 0.632. The van der Waals surface area contributed by atoms with Gasteiger partial charge in [-0.15, -0.1) is 0 Å². The van der Waals surface area contributed by atoms with Crippen molar-refractivity contribution in [2.45, 2.75) is 24.1 Å². The Labute approximate surface area is 124 Å². The molecular formula is C14H23N5S. The number of aromatic nitrogens is 2. The van der Waals surface area contributed by atoms with Crippen LogP contribution < -0.4 is 10.6 Å². The van der Waals surface area contributed by atoms with Crippen LogP contribution in [0.3, 0.4) is 0 Å². The second kappa shape index (κ2) is 5.87. The maximum Gasteiger partial charge on any atom is 0.225 e. The SMILES string of the molecule is CC1SCCC1(CN)N1CCN(c2ncccn2)CC1. The molecule has 1 aromatic heterocycles. The molecule has 0 saturated carbocycles. The van der Waals surface area contributed by atoms with Gasteiger partial charge < -0.3 is 10.6 Å². The third-order valence-corrected chi connectivity index (χ3v) is 6.14. The van der Waals surface area contributed by atoms with Gasteiger partial charge in [0.15, 0.2) is 0 Å². The summed E-state index contributed by atoms with van der Waals surface area (Å²) in [6, 6.07) is 1.86. The van der Waals surface area contributed by atoms with Gasteiger partial charge in [-0.25, -0.2) is 9.97 Å². The summed E-state index contributed by atoms with van der Waals surface area (Å²) in [6.07, 6.45) is 4.84. The number of rotatable bonds is 3. The lowest BCUT2D eigenvalue weighted by molar-refractivity contribution is 0.0900. The molecule has 2 atom stereocenters. The Morgan fingerprint density at radius 2 is 2.00 bits per heavy atom. The lowest BCUT2D eigenvalue weighted by Gasteiger charge is -2.47. The number of hydrogen-bond donors (Lipinski definition) is 1. The molecule has 2 saturated heterocycles. The van der Waals surface area contributed by atoms with Crippen LogP contribution in [0.2, 0.25) is 0 Å². The van der Waals surface area contributed by atoms with E-state index in [1.807, 2.05) is 18.5 Å².